The maximum atomic E-state index is 13.1. The van der Waals surface area contributed by atoms with Gasteiger partial charge in [-0.3, -0.25) is 4.98 Å². The lowest BCUT2D eigenvalue weighted by Gasteiger charge is -2.11. The van der Waals surface area contributed by atoms with Crippen LogP contribution in [0, 0.1) is 0 Å². The fraction of sp³-hybridized carbons (Fsp3) is 0.250. The summed E-state index contributed by atoms with van der Waals surface area (Å²) in [5.41, 5.74) is -2.44. The van der Waals surface area contributed by atoms with Crippen LogP contribution < -0.4 is 0 Å². The third-order valence-corrected chi connectivity index (χ3v) is 6.87. The fourth-order valence-corrected chi connectivity index (χ4v) is 4.27. The van der Waals surface area contributed by atoms with Crippen LogP contribution in [0.15, 0.2) is 47.9 Å². The van der Waals surface area contributed by atoms with Crippen molar-refractivity contribution in [2.24, 2.45) is 7.05 Å². The number of alkyl halides is 6. The minimum absolute atomic E-state index is 0.0665. The van der Waals surface area contributed by atoms with Crippen molar-refractivity contribution in [3.63, 3.8) is 0 Å². The van der Waals surface area contributed by atoms with Gasteiger partial charge in [-0.2, -0.15) is 31.4 Å². The lowest BCUT2D eigenvalue weighted by atomic mass is 10.2. The largest absolute Gasteiger partial charge is 0.419 e. The second-order valence-electron chi connectivity index (χ2n) is 7.45. The molecular weight excluding hydrogens is 516 g/mol. The van der Waals surface area contributed by atoms with E-state index in [0.717, 1.165) is 35.3 Å². The summed E-state index contributed by atoms with van der Waals surface area (Å²) in [4.78, 5) is 7.61. The SMILES string of the molecule is CCS(=O)(=O)c1cc(-n2cc(C(F)(F)F)cn2)cnc1-c1nnc(-c2cc(C(F)(F)F)ccn2)n1C. The van der Waals surface area contributed by atoms with Gasteiger partial charge in [-0.15, -0.1) is 10.2 Å². The minimum atomic E-state index is -4.66. The lowest BCUT2D eigenvalue weighted by molar-refractivity contribution is -0.138. The molecule has 0 unspecified atom stereocenters. The second-order valence-corrected chi connectivity index (χ2v) is 9.70. The van der Waals surface area contributed by atoms with E-state index in [1.807, 2.05) is 0 Å². The van der Waals surface area contributed by atoms with Crippen LogP contribution in [0.25, 0.3) is 28.7 Å². The Hall–Kier alpha value is -3.82. The Morgan fingerprint density at radius 1 is 0.917 bits per heavy atom. The van der Waals surface area contributed by atoms with E-state index in [1.54, 1.807) is 0 Å². The molecule has 0 saturated heterocycles. The van der Waals surface area contributed by atoms with Crippen LogP contribution >= 0.6 is 0 Å². The summed E-state index contributed by atoms with van der Waals surface area (Å²) in [5.74, 6) is -0.583. The molecule has 190 valence electrons. The van der Waals surface area contributed by atoms with Gasteiger partial charge in [0, 0.05) is 19.4 Å². The molecule has 0 aliphatic rings. The van der Waals surface area contributed by atoms with E-state index < -0.39 is 33.3 Å². The van der Waals surface area contributed by atoms with Crippen molar-refractivity contribution in [3.8, 4) is 28.7 Å². The van der Waals surface area contributed by atoms with Gasteiger partial charge in [0.25, 0.3) is 0 Å². The summed E-state index contributed by atoms with van der Waals surface area (Å²) >= 11 is 0. The lowest BCUT2D eigenvalue weighted by Crippen LogP contribution is -2.11. The summed E-state index contributed by atoms with van der Waals surface area (Å²) in [5, 5.41) is 11.4. The zero-order valence-electron chi connectivity index (χ0n) is 18.4. The Balaban J connectivity index is 1.84. The molecule has 0 bridgehead atoms. The van der Waals surface area contributed by atoms with E-state index >= 15 is 0 Å². The molecule has 4 aromatic heterocycles. The van der Waals surface area contributed by atoms with Gasteiger partial charge in [0.2, 0.25) is 0 Å². The van der Waals surface area contributed by atoms with Gasteiger partial charge in [0.05, 0.1) is 39.9 Å². The van der Waals surface area contributed by atoms with Gasteiger partial charge >= 0.3 is 12.4 Å². The van der Waals surface area contributed by atoms with E-state index in [1.165, 1.54) is 18.5 Å². The molecule has 0 N–H and O–H groups in total. The van der Waals surface area contributed by atoms with Crippen molar-refractivity contribution in [1.82, 2.24) is 34.5 Å². The number of hydrogen-bond donors (Lipinski definition) is 0. The maximum absolute atomic E-state index is 13.1. The van der Waals surface area contributed by atoms with E-state index in [0.29, 0.717) is 12.4 Å². The highest BCUT2D eigenvalue weighted by Crippen LogP contribution is 2.33. The standard InChI is InChI=1S/C20H15F6N7O2S/c1-3-36(34,35)15-7-13(33-10-12(8-29-33)20(24,25)26)9-28-16(15)18-31-30-17(32(18)2)14-6-11(4-5-27-14)19(21,22)23/h4-10H,3H2,1-2H3. The molecule has 0 radical (unpaired) electrons. The van der Waals surface area contributed by atoms with Gasteiger partial charge in [0.1, 0.15) is 11.4 Å². The van der Waals surface area contributed by atoms with Gasteiger partial charge in [0.15, 0.2) is 21.5 Å². The first-order valence-electron chi connectivity index (χ1n) is 10.0. The topological polar surface area (TPSA) is 108 Å². The van der Waals surface area contributed by atoms with Crippen LogP contribution in [0.2, 0.25) is 0 Å². The average Bonchev–Trinajstić information content (AvgIpc) is 3.45. The van der Waals surface area contributed by atoms with Crippen molar-refractivity contribution in [2.75, 3.05) is 5.75 Å². The zero-order valence-corrected chi connectivity index (χ0v) is 19.2. The molecule has 0 aromatic carbocycles. The summed E-state index contributed by atoms with van der Waals surface area (Å²) in [7, 11) is -2.62. The summed E-state index contributed by atoms with van der Waals surface area (Å²) in [6.07, 6.45) is -5.98. The summed E-state index contributed by atoms with van der Waals surface area (Å²) in [6, 6.07) is 2.64. The number of sulfone groups is 1. The molecule has 0 atom stereocenters. The van der Waals surface area contributed by atoms with E-state index in [2.05, 4.69) is 25.3 Å². The Morgan fingerprint density at radius 3 is 2.19 bits per heavy atom. The van der Waals surface area contributed by atoms with Crippen molar-refractivity contribution < 1.29 is 34.8 Å². The second kappa shape index (κ2) is 8.69. The van der Waals surface area contributed by atoms with Crippen molar-refractivity contribution >= 4 is 9.84 Å². The quantitative estimate of drug-likeness (QED) is 0.359. The highest BCUT2D eigenvalue weighted by atomic mass is 32.2. The normalized spacial score (nSPS) is 12.8. The van der Waals surface area contributed by atoms with Crippen molar-refractivity contribution in [1.29, 1.82) is 0 Å². The molecule has 0 aliphatic heterocycles. The Morgan fingerprint density at radius 2 is 1.58 bits per heavy atom. The molecule has 0 aliphatic carbocycles. The monoisotopic (exact) mass is 531 g/mol. The Kier molecular flexibility index (Phi) is 6.10. The highest BCUT2D eigenvalue weighted by molar-refractivity contribution is 7.91. The summed E-state index contributed by atoms with van der Waals surface area (Å²) in [6.45, 7) is 1.36. The number of hydrogen-bond acceptors (Lipinski definition) is 7. The van der Waals surface area contributed by atoms with Crippen LogP contribution in [0.3, 0.4) is 0 Å². The van der Waals surface area contributed by atoms with E-state index in [9.17, 15) is 34.8 Å². The van der Waals surface area contributed by atoms with Crippen LogP contribution in [0.4, 0.5) is 26.3 Å². The molecule has 36 heavy (non-hydrogen) atoms. The third-order valence-electron chi connectivity index (χ3n) is 5.13. The minimum Gasteiger partial charge on any atom is -0.307 e. The highest BCUT2D eigenvalue weighted by Gasteiger charge is 2.33. The van der Waals surface area contributed by atoms with E-state index in [4.69, 9.17) is 0 Å². The summed E-state index contributed by atoms with van der Waals surface area (Å²) < 4.78 is 106. The van der Waals surface area contributed by atoms with Crippen LogP contribution in [0.1, 0.15) is 18.1 Å². The van der Waals surface area contributed by atoms with Crippen LogP contribution in [-0.2, 0) is 29.2 Å². The van der Waals surface area contributed by atoms with Crippen LogP contribution in [-0.4, -0.2) is 48.7 Å². The molecule has 16 heteroatoms. The molecule has 4 rings (SSSR count). The molecule has 4 aromatic rings. The number of rotatable bonds is 5. The number of nitrogens with zero attached hydrogens (tertiary/aromatic N) is 7. The first-order valence-corrected chi connectivity index (χ1v) is 11.7. The maximum Gasteiger partial charge on any atom is 0.419 e. The molecule has 0 fully saturated rings. The molecule has 0 spiro atoms. The third kappa shape index (κ3) is 4.67. The Labute approximate surface area is 199 Å². The predicted octanol–water partition coefficient (Wildman–Crippen LogP) is 3.96. The molecule has 4 heterocycles. The zero-order chi connectivity index (χ0) is 26.5. The van der Waals surface area contributed by atoms with Gasteiger partial charge in [-0.1, -0.05) is 6.92 Å². The average molecular weight is 531 g/mol. The van der Waals surface area contributed by atoms with Crippen molar-refractivity contribution in [2.45, 2.75) is 24.2 Å². The van der Waals surface area contributed by atoms with Gasteiger partial charge < -0.3 is 4.57 Å². The van der Waals surface area contributed by atoms with Crippen LogP contribution in [0.5, 0.6) is 0 Å². The van der Waals surface area contributed by atoms with Gasteiger partial charge in [-0.05, 0) is 18.2 Å². The predicted molar refractivity (Wildman–Crippen MR) is 112 cm³/mol. The van der Waals surface area contributed by atoms with E-state index in [-0.39, 0.29) is 39.4 Å². The van der Waals surface area contributed by atoms with Crippen molar-refractivity contribution in [3.05, 3.63) is 54.1 Å². The number of aromatic nitrogens is 7. The number of pyridine rings is 2. The number of halogens is 6. The molecule has 0 amide bonds. The smallest absolute Gasteiger partial charge is 0.307 e. The molecule has 0 saturated carbocycles. The fourth-order valence-electron chi connectivity index (χ4n) is 3.22. The first-order chi connectivity index (χ1) is 16.7. The Bertz CT molecular complexity index is 1540. The molecule has 9 nitrogen and oxygen atoms in total. The van der Waals surface area contributed by atoms with Gasteiger partial charge in [-0.25, -0.2) is 18.1 Å². The first kappa shape index (κ1) is 25.3. The molecular formula is C20H15F6N7O2S.